The van der Waals surface area contributed by atoms with Gasteiger partial charge in [-0.05, 0) is 55.5 Å². The van der Waals surface area contributed by atoms with Crippen LogP contribution in [0.1, 0.15) is 52.1 Å². The molecule has 0 atom stereocenters. The number of H-pyrrole nitrogens is 1. The molecule has 1 spiro atoms. The van der Waals surface area contributed by atoms with Crippen LogP contribution in [0.2, 0.25) is 5.15 Å². The Morgan fingerprint density at radius 3 is 2.61 bits per heavy atom. The van der Waals surface area contributed by atoms with Crippen LogP contribution in [-0.4, -0.2) is 82.4 Å². The number of nitrogens with two attached hydrogens (primary N) is 2. The van der Waals surface area contributed by atoms with E-state index in [1.807, 2.05) is 30.5 Å². The number of sulfonamides is 1. The number of anilines is 2. The molecule has 46 heavy (non-hydrogen) atoms. The monoisotopic (exact) mass is 663 g/mol. The molecule has 0 bridgehead atoms. The number of hydrogen-bond donors (Lipinski definition) is 4. The van der Waals surface area contributed by atoms with Gasteiger partial charge < -0.3 is 26.7 Å². The molecule has 1 saturated heterocycles. The average Bonchev–Trinajstić information content (AvgIpc) is 3.65. The molecule has 6 rings (SSSR count). The Kier molecular flexibility index (Phi) is 8.44. The molecule has 0 aliphatic carbocycles. The predicted octanol–water partition coefficient (Wildman–Crippen LogP) is 3.24. The fraction of sp³-hybridized carbons (Fsp3) is 0.323. The van der Waals surface area contributed by atoms with E-state index in [1.165, 1.54) is 16.4 Å². The highest BCUT2D eigenvalue weighted by atomic mass is 35.5. The molecule has 2 aromatic heterocycles. The number of aromatic nitrogens is 3. The van der Waals surface area contributed by atoms with Crippen molar-refractivity contribution in [2.45, 2.75) is 42.5 Å². The largest absolute Gasteiger partial charge is 0.382 e. The summed E-state index contributed by atoms with van der Waals surface area (Å²) in [5.74, 6) is -0.502. The third-order valence-corrected chi connectivity index (χ3v) is 10.8. The number of benzene rings is 2. The minimum absolute atomic E-state index is 0.0628. The summed E-state index contributed by atoms with van der Waals surface area (Å²) < 4.78 is 28.2. The first-order valence-corrected chi connectivity index (χ1v) is 16.7. The number of carbonyl (C=O) groups excluding carboxylic acids is 2. The predicted molar refractivity (Wildman–Crippen MR) is 176 cm³/mol. The SMILES string of the molecule is CN(CCc1c[nH]c2ccccc12)S(=O)(=O)c1cccc(C(=O)N2CCC3(CCC(NC(=O)c4nc(Cl)c(N)nc4N)=N3)CC2)c1. The summed E-state index contributed by atoms with van der Waals surface area (Å²) in [6, 6.07) is 14.1. The van der Waals surface area contributed by atoms with E-state index < -0.39 is 21.5 Å². The van der Waals surface area contributed by atoms with E-state index in [0.717, 1.165) is 16.5 Å². The molecule has 2 aliphatic rings. The second-order valence-corrected chi connectivity index (χ2v) is 14.0. The van der Waals surface area contributed by atoms with Crippen LogP contribution in [-0.2, 0) is 16.4 Å². The Morgan fingerprint density at radius 1 is 1.07 bits per heavy atom. The van der Waals surface area contributed by atoms with Crippen molar-refractivity contribution in [3.63, 3.8) is 0 Å². The summed E-state index contributed by atoms with van der Waals surface area (Å²) in [4.78, 5) is 43.8. The van der Waals surface area contributed by atoms with Gasteiger partial charge in [0.25, 0.3) is 11.8 Å². The first kappa shape index (κ1) is 31.5. The Morgan fingerprint density at radius 2 is 1.83 bits per heavy atom. The van der Waals surface area contributed by atoms with Crippen LogP contribution in [0.3, 0.4) is 0 Å². The van der Waals surface area contributed by atoms with Gasteiger partial charge in [-0.25, -0.2) is 22.7 Å². The molecule has 6 N–H and O–H groups in total. The quantitative estimate of drug-likeness (QED) is 0.231. The topological polar surface area (TPSA) is 193 Å². The summed E-state index contributed by atoms with van der Waals surface area (Å²) in [5.41, 5.74) is 13.2. The lowest BCUT2D eigenvalue weighted by molar-refractivity contribution is 0.0672. The third kappa shape index (κ3) is 6.15. The number of amides is 2. The van der Waals surface area contributed by atoms with Crippen molar-refractivity contribution < 1.29 is 18.0 Å². The van der Waals surface area contributed by atoms with Crippen LogP contribution in [0.15, 0.2) is 64.6 Å². The molecular formula is C31H34ClN9O4S. The molecule has 4 aromatic rings. The van der Waals surface area contributed by atoms with Gasteiger partial charge in [0.1, 0.15) is 5.84 Å². The van der Waals surface area contributed by atoms with Crippen LogP contribution in [0.25, 0.3) is 10.9 Å². The summed E-state index contributed by atoms with van der Waals surface area (Å²) in [6.07, 6.45) is 4.91. The number of aromatic amines is 1. The summed E-state index contributed by atoms with van der Waals surface area (Å²) in [5, 5.41) is 3.71. The zero-order valence-corrected chi connectivity index (χ0v) is 26.7. The molecule has 0 saturated carbocycles. The van der Waals surface area contributed by atoms with Gasteiger partial charge in [-0.2, -0.15) is 0 Å². The smallest absolute Gasteiger partial charge is 0.279 e. The van der Waals surface area contributed by atoms with E-state index in [2.05, 4.69) is 20.3 Å². The molecule has 0 unspecified atom stereocenters. The van der Waals surface area contributed by atoms with Gasteiger partial charge in [-0.3, -0.25) is 14.6 Å². The molecule has 2 amide bonds. The number of hydrogen-bond acceptors (Lipinski definition) is 9. The maximum absolute atomic E-state index is 13.5. The number of para-hydroxylation sites is 1. The first-order chi connectivity index (χ1) is 22.0. The van der Waals surface area contributed by atoms with Crippen molar-refractivity contribution in [1.82, 2.24) is 29.5 Å². The van der Waals surface area contributed by atoms with Gasteiger partial charge in [0.05, 0.1) is 10.4 Å². The Labute approximate surface area is 271 Å². The molecule has 0 radical (unpaired) electrons. The van der Waals surface area contributed by atoms with Crippen LogP contribution in [0.4, 0.5) is 11.6 Å². The highest BCUT2D eigenvalue weighted by molar-refractivity contribution is 7.89. The molecule has 1 fully saturated rings. The van der Waals surface area contributed by atoms with Crippen LogP contribution in [0, 0.1) is 0 Å². The number of piperidine rings is 1. The van der Waals surface area contributed by atoms with Crippen LogP contribution < -0.4 is 16.8 Å². The number of aliphatic imine (C=N–C) groups is 1. The second kappa shape index (κ2) is 12.3. The molecule has 4 heterocycles. The number of likely N-dealkylation sites (tertiary alicyclic amines) is 1. The Balaban J connectivity index is 1.07. The van der Waals surface area contributed by atoms with Crippen LogP contribution in [0.5, 0.6) is 0 Å². The van der Waals surface area contributed by atoms with E-state index in [4.69, 9.17) is 28.1 Å². The first-order valence-electron chi connectivity index (χ1n) is 14.8. The molecule has 2 aromatic carbocycles. The summed E-state index contributed by atoms with van der Waals surface area (Å²) in [7, 11) is -2.27. The van der Waals surface area contributed by atoms with Crippen molar-refractivity contribution in [2.75, 3.05) is 38.1 Å². The van der Waals surface area contributed by atoms with Crippen molar-refractivity contribution in [3.05, 3.63) is 76.7 Å². The zero-order valence-electron chi connectivity index (χ0n) is 25.2. The van der Waals surface area contributed by atoms with E-state index in [1.54, 1.807) is 24.1 Å². The van der Waals surface area contributed by atoms with Gasteiger partial charge in [0.15, 0.2) is 22.5 Å². The minimum Gasteiger partial charge on any atom is -0.382 e. The van der Waals surface area contributed by atoms with Crippen molar-refractivity contribution in [1.29, 1.82) is 0 Å². The highest BCUT2D eigenvalue weighted by Crippen LogP contribution is 2.36. The number of nitrogens with one attached hydrogen (secondary N) is 2. The molecule has 15 heteroatoms. The number of amidine groups is 1. The van der Waals surface area contributed by atoms with E-state index in [9.17, 15) is 18.0 Å². The lowest BCUT2D eigenvalue weighted by Crippen LogP contribution is -2.45. The maximum atomic E-state index is 13.5. The van der Waals surface area contributed by atoms with E-state index in [0.29, 0.717) is 56.6 Å². The number of halogens is 1. The zero-order chi connectivity index (χ0) is 32.6. The van der Waals surface area contributed by atoms with Crippen molar-refractivity contribution >= 4 is 61.8 Å². The summed E-state index contributed by atoms with van der Waals surface area (Å²) >= 11 is 5.91. The number of nitrogen functional groups attached to an aromatic ring is 2. The van der Waals surface area contributed by atoms with Crippen molar-refractivity contribution in [3.8, 4) is 0 Å². The van der Waals surface area contributed by atoms with Gasteiger partial charge in [-0.1, -0.05) is 35.9 Å². The number of fused-ring (bicyclic) bond motifs is 1. The van der Waals surface area contributed by atoms with Gasteiger partial charge in [0, 0.05) is 55.8 Å². The van der Waals surface area contributed by atoms with E-state index in [-0.39, 0.29) is 39.8 Å². The molecule has 2 aliphatic heterocycles. The Hall–Kier alpha value is -4.53. The standard InChI is InChI=1S/C31H34ClN9O4S/c1-40(14-10-20-18-35-23-8-3-2-7-22(20)23)46(44,45)21-6-4-5-19(17-21)30(43)41-15-12-31(13-16-41)11-9-24(39-31)36-29(42)25-27(33)38-28(34)26(32)37-25/h2-8,17-18,35H,9-16H2,1H3,(H4,33,34,38)(H,36,39,42). The normalized spacial score (nSPS) is 16.2. The van der Waals surface area contributed by atoms with Gasteiger partial charge in [0.2, 0.25) is 10.0 Å². The minimum atomic E-state index is -3.82. The second-order valence-electron chi connectivity index (χ2n) is 11.6. The molecule has 13 nitrogen and oxygen atoms in total. The average molecular weight is 664 g/mol. The molecule has 240 valence electrons. The molecular weight excluding hydrogens is 630 g/mol. The summed E-state index contributed by atoms with van der Waals surface area (Å²) in [6.45, 7) is 1.17. The number of nitrogens with zero attached hydrogens (tertiary/aromatic N) is 5. The number of rotatable bonds is 7. The van der Waals surface area contributed by atoms with Gasteiger partial charge >= 0.3 is 0 Å². The van der Waals surface area contributed by atoms with Gasteiger partial charge in [-0.15, -0.1) is 0 Å². The third-order valence-electron chi connectivity index (χ3n) is 8.72. The number of likely N-dealkylation sites (N-methyl/N-ethyl adjacent to an activating group) is 1. The fourth-order valence-electron chi connectivity index (χ4n) is 6.02. The lowest BCUT2D eigenvalue weighted by atomic mass is 9.86. The number of carbonyl (C=O) groups is 2. The van der Waals surface area contributed by atoms with E-state index >= 15 is 0 Å². The lowest BCUT2D eigenvalue weighted by Gasteiger charge is -2.37. The van der Waals surface area contributed by atoms with Crippen molar-refractivity contribution in [2.24, 2.45) is 4.99 Å². The van der Waals surface area contributed by atoms with Crippen LogP contribution >= 0.6 is 11.6 Å². The fourth-order valence-corrected chi connectivity index (χ4v) is 7.36. The Bertz CT molecular complexity index is 1970. The maximum Gasteiger partial charge on any atom is 0.279 e. The highest BCUT2D eigenvalue weighted by Gasteiger charge is 2.40.